The van der Waals surface area contributed by atoms with Gasteiger partial charge in [-0.05, 0) is 37.5 Å². The van der Waals surface area contributed by atoms with Gasteiger partial charge in [0, 0.05) is 0 Å². The lowest BCUT2D eigenvalue weighted by atomic mass is 10.1. The molecule has 0 heterocycles. The van der Waals surface area contributed by atoms with Crippen molar-refractivity contribution in [3.05, 3.63) is 29.5 Å². The van der Waals surface area contributed by atoms with Crippen molar-refractivity contribution in [2.24, 2.45) is 0 Å². The minimum Gasteiger partial charge on any atom is -0.125 e. The number of allylic oxidation sites excluding steroid dienone is 3. The van der Waals surface area contributed by atoms with Crippen LogP contribution >= 0.6 is 0 Å². The van der Waals surface area contributed by atoms with Crippen LogP contribution in [0.2, 0.25) is 0 Å². The van der Waals surface area contributed by atoms with E-state index >= 15 is 0 Å². The molecule has 0 spiro atoms. The summed E-state index contributed by atoms with van der Waals surface area (Å²) in [7, 11) is 0. The first kappa shape index (κ1) is 5.40. The third-order valence-corrected chi connectivity index (χ3v) is 1.33. The molecule has 8 heavy (non-hydrogen) atoms. The van der Waals surface area contributed by atoms with Crippen molar-refractivity contribution >= 4 is 0 Å². The van der Waals surface area contributed by atoms with Crippen LogP contribution in [0.1, 0.15) is 19.8 Å². The molecule has 1 rings (SSSR count). The lowest BCUT2D eigenvalue weighted by Crippen LogP contribution is -1.79. The first-order chi connectivity index (χ1) is 3.93. The molecule has 0 aromatic carbocycles. The maximum Gasteiger partial charge on any atom is -0.0174 e. The first-order valence-electron chi connectivity index (χ1n) is 2.99. The minimum absolute atomic E-state index is 1.16. The second-order valence-corrected chi connectivity index (χ2v) is 1.92. The van der Waals surface area contributed by atoms with Crippen LogP contribution in [-0.2, 0) is 0 Å². The molecule has 0 aromatic heterocycles. The highest BCUT2D eigenvalue weighted by atomic mass is 14.0. The second-order valence-electron chi connectivity index (χ2n) is 1.92. The van der Waals surface area contributed by atoms with E-state index in [0.717, 1.165) is 6.42 Å². The molecular formula is C8H10. The number of rotatable bonds is 0. The summed E-state index contributed by atoms with van der Waals surface area (Å²) in [5.74, 6) is 0. The molecule has 42 valence electrons. The molecule has 0 aliphatic heterocycles. The van der Waals surface area contributed by atoms with E-state index < -0.39 is 0 Å². The average molecular weight is 106 g/mol. The molecule has 0 heteroatoms. The van der Waals surface area contributed by atoms with Crippen molar-refractivity contribution in [3.8, 4) is 0 Å². The lowest BCUT2D eigenvalue weighted by Gasteiger charge is -1.98. The van der Waals surface area contributed by atoms with Gasteiger partial charge in [0.2, 0.25) is 0 Å². The Bertz CT molecular complexity index is 155. The first-order valence-corrected chi connectivity index (χ1v) is 2.99. The van der Waals surface area contributed by atoms with Crippen molar-refractivity contribution in [2.45, 2.75) is 19.8 Å². The van der Waals surface area contributed by atoms with Gasteiger partial charge in [-0.1, -0.05) is 6.08 Å². The van der Waals surface area contributed by atoms with Gasteiger partial charge in [-0.2, -0.15) is 0 Å². The fourth-order valence-corrected chi connectivity index (χ4v) is 0.788. The fraction of sp³-hybridized carbons (Fsp3) is 0.375. The third kappa shape index (κ3) is 1.11. The summed E-state index contributed by atoms with van der Waals surface area (Å²) in [5.41, 5.74) is 4.48. The van der Waals surface area contributed by atoms with Gasteiger partial charge in [-0.3, -0.25) is 0 Å². The molecule has 1 aliphatic carbocycles. The molecule has 0 atom stereocenters. The Morgan fingerprint density at radius 2 is 2.62 bits per heavy atom. The molecule has 1 aliphatic rings. The Balaban J connectivity index is 2.75. The topological polar surface area (TPSA) is 0 Å². The van der Waals surface area contributed by atoms with E-state index in [2.05, 4.69) is 24.8 Å². The SMILES string of the molecule is C/C=C1\C=C=CCC1. The van der Waals surface area contributed by atoms with Gasteiger partial charge < -0.3 is 0 Å². The Morgan fingerprint density at radius 1 is 1.75 bits per heavy atom. The molecule has 0 saturated heterocycles. The molecule has 0 unspecified atom stereocenters. The van der Waals surface area contributed by atoms with Crippen LogP contribution < -0.4 is 0 Å². The maximum atomic E-state index is 3.07. The quantitative estimate of drug-likeness (QED) is 0.416. The van der Waals surface area contributed by atoms with Crippen molar-refractivity contribution in [1.29, 1.82) is 0 Å². The highest BCUT2D eigenvalue weighted by Gasteiger charge is 1.90. The van der Waals surface area contributed by atoms with Gasteiger partial charge in [0.25, 0.3) is 0 Å². The summed E-state index contributed by atoms with van der Waals surface area (Å²) in [4.78, 5) is 0. The van der Waals surface area contributed by atoms with E-state index in [-0.39, 0.29) is 0 Å². The van der Waals surface area contributed by atoms with Crippen LogP contribution in [0, 0.1) is 0 Å². The highest BCUT2D eigenvalue weighted by Crippen LogP contribution is 2.09. The van der Waals surface area contributed by atoms with Crippen LogP contribution in [0.3, 0.4) is 0 Å². The molecule has 0 aromatic rings. The molecular weight excluding hydrogens is 96.1 g/mol. The van der Waals surface area contributed by atoms with Crippen molar-refractivity contribution in [1.82, 2.24) is 0 Å². The van der Waals surface area contributed by atoms with Crippen molar-refractivity contribution in [3.63, 3.8) is 0 Å². The van der Waals surface area contributed by atoms with Crippen molar-refractivity contribution in [2.75, 3.05) is 0 Å². The van der Waals surface area contributed by atoms with Crippen LogP contribution in [-0.4, -0.2) is 0 Å². The van der Waals surface area contributed by atoms with E-state index in [1.165, 1.54) is 12.0 Å². The summed E-state index contributed by atoms with van der Waals surface area (Å²) in [6, 6.07) is 0. The number of hydrogen-bond donors (Lipinski definition) is 0. The van der Waals surface area contributed by atoms with Gasteiger partial charge >= 0.3 is 0 Å². The normalized spacial score (nSPS) is 22.4. The maximum absolute atomic E-state index is 3.07. The zero-order valence-electron chi connectivity index (χ0n) is 5.15. The van der Waals surface area contributed by atoms with Crippen molar-refractivity contribution < 1.29 is 0 Å². The van der Waals surface area contributed by atoms with Crippen LogP contribution in [0.4, 0.5) is 0 Å². The highest BCUT2D eigenvalue weighted by molar-refractivity contribution is 5.20. The van der Waals surface area contributed by atoms with Gasteiger partial charge in [0.15, 0.2) is 0 Å². The number of hydrogen-bond acceptors (Lipinski definition) is 0. The van der Waals surface area contributed by atoms with E-state index in [1.54, 1.807) is 0 Å². The summed E-state index contributed by atoms with van der Waals surface area (Å²) in [6.45, 7) is 2.07. The Labute approximate surface area is 50.2 Å². The largest absolute Gasteiger partial charge is 0.125 e. The predicted molar refractivity (Wildman–Crippen MR) is 35.6 cm³/mol. The fourth-order valence-electron chi connectivity index (χ4n) is 0.788. The van der Waals surface area contributed by atoms with Gasteiger partial charge in [-0.15, -0.1) is 5.73 Å². The van der Waals surface area contributed by atoms with Crippen LogP contribution in [0.5, 0.6) is 0 Å². The van der Waals surface area contributed by atoms with Crippen LogP contribution in [0.25, 0.3) is 0 Å². The van der Waals surface area contributed by atoms with E-state index in [0.29, 0.717) is 0 Å². The third-order valence-electron chi connectivity index (χ3n) is 1.33. The summed E-state index contributed by atoms with van der Waals surface area (Å²) in [6.07, 6.45) is 8.62. The molecule has 0 fully saturated rings. The van der Waals surface area contributed by atoms with Gasteiger partial charge in [0.1, 0.15) is 0 Å². The van der Waals surface area contributed by atoms with E-state index in [4.69, 9.17) is 0 Å². The summed E-state index contributed by atoms with van der Waals surface area (Å²) < 4.78 is 0. The molecule has 0 saturated carbocycles. The molecule has 0 bridgehead atoms. The Hall–Kier alpha value is -0.740. The summed E-state index contributed by atoms with van der Waals surface area (Å²) >= 11 is 0. The molecule has 0 amide bonds. The smallest absolute Gasteiger partial charge is 0.0174 e. The molecule has 0 N–H and O–H groups in total. The monoisotopic (exact) mass is 106 g/mol. The molecule has 0 nitrogen and oxygen atoms in total. The lowest BCUT2D eigenvalue weighted by molar-refractivity contribution is 0.990. The Kier molecular flexibility index (Phi) is 1.71. The van der Waals surface area contributed by atoms with Gasteiger partial charge in [0.05, 0.1) is 0 Å². The van der Waals surface area contributed by atoms with E-state index in [9.17, 15) is 0 Å². The zero-order chi connectivity index (χ0) is 5.82. The standard InChI is InChI=1S/C8H10/c1-2-8-6-4-3-5-7-8/h2-3,7H,4,6H2,1H3/b8-2-. The average Bonchev–Trinajstić information content (AvgIpc) is 1.90. The second kappa shape index (κ2) is 2.54. The zero-order valence-corrected chi connectivity index (χ0v) is 5.15. The van der Waals surface area contributed by atoms with Gasteiger partial charge in [-0.25, -0.2) is 0 Å². The minimum atomic E-state index is 1.16. The molecule has 0 radical (unpaired) electrons. The van der Waals surface area contributed by atoms with Crippen LogP contribution in [0.15, 0.2) is 29.5 Å². The predicted octanol–water partition coefficient (Wildman–Crippen LogP) is 2.44. The Morgan fingerprint density at radius 3 is 3.00 bits per heavy atom. The van der Waals surface area contributed by atoms with E-state index in [1.807, 2.05) is 6.08 Å². The summed E-state index contributed by atoms with van der Waals surface area (Å²) in [5, 5.41) is 0.